The lowest BCUT2D eigenvalue weighted by atomic mass is 10.2. The maximum Gasteiger partial charge on any atom is 0.371 e. The zero-order chi connectivity index (χ0) is 17.3. The van der Waals surface area contributed by atoms with E-state index in [2.05, 4.69) is 15.0 Å². The van der Waals surface area contributed by atoms with Gasteiger partial charge in [-0.2, -0.15) is 0 Å². The third-order valence-corrected chi connectivity index (χ3v) is 3.28. The first-order chi connectivity index (χ1) is 11.5. The fourth-order valence-corrected chi connectivity index (χ4v) is 2.14. The number of aliphatic carboxylic acids is 1. The van der Waals surface area contributed by atoms with Crippen LogP contribution in [0.25, 0.3) is 17.2 Å². The van der Waals surface area contributed by atoms with Gasteiger partial charge < -0.3 is 14.8 Å². The van der Waals surface area contributed by atoms with E-state index in [1.165, 1.54) is 23.3 Å². The monoisotopic (exact) mass is 332 g/mol. The Hall–Kier alpha value is -3.36. The minimum atomic E-state index is -1.51. The Morgan fingerprint density at radius 3 is 2.71 bits per heavy atom. The average molecular weight is 332 g/mol. The topological polar surface area (TPSA) is 101 Å². The van der Waals surface area contributed by atoms with Crippen LogP contribution in [-0.2, 0) is 11.3 Å². The summed E-state index contributed by atoms with van der Waals surface area (Å²) < 4.78 is 28.2. The molecule has 0 atom stereocenters. The van der Waals surface area contributed by atoms with E-state index < -0.39 is 23.4 Å². The van der Waals surface area contributed by atoms with Gasteiger partial charge in [-0.05, 0) is 6.07 Å². The van der Waals surface area contributed by atoms with Gasteiger partial charge in [0.1, 0.15) is 23.5 Å². The Morgan fingerprint density at radius 1 is 1.21 bits per heavy atom. The highest BCUT2D eigenvalue weighted by Crippen LogP contribution is 2.18. The molecule has 0 saturated carbocycles. The summed E-state index contributed by atoms with van der Waals surface area (Å²) in [7, 11) is 0. The van der Waals surface area contributed by atoms with Crippen LogP contribution in [0.1, 0.15) is 11.3 Å². The van der Waals surface area contributed by atoms with E-state index in [-0.39, 0.29) is 23.3 Å². The lowest BCUT2D eigenvalue weighted by molar-refractivity contribution is -0.135. The molecule has 24 heavy (non-hydrogen) atoms. The van der Waals surface area contributed by atoms with Crippen molar-refractivity contribution in [1.29, 1.82) is 0 Å². The van der Waals surface area contributed by atoms with Gasteiger partial charge in [-0.15, -0.1) is 0 Å². The van der Waals surface area contributed by atoms with Crippen molar-refractivity contribution in [3.05, 3.63) is 59.5 Å². The number of nitrogens with zero attached hydrogens (tertiary/aromatic N) is 4. The normalized spacial score (nSPS) is 11.8. The lowest BCUT2D eigenvalue weighted by Gasteiger charge is -2.05. The minimum Gasteiger partial charge on any atom is -0.502 e. The van der Waals surface area contributed by atoms with Crippen LogP contribution in [0.15, 0.2) is 36.6 Å². The van der Waals surface area contributed by atoms with Crippen LogP contribution in [0.4, 0.5) is 8.78 Å². The van der Waals surface area contributed by atoms with Gasteiger partial charge in [0, 0.05) is 17.7 Å². The summed E-state index contributed by atoms with van der Waals surface area (Å²) in [6.07, 6.45) is 3.49. The van der Waals surface area contributed by atoms with E-state index in [1.54, 1.807) is 0 Å². The molecule has 0 radical (unpaired) electrons. The summed E-state index contributed by atoms with van der Waals surface area (Å²) in [6, 6.07) is 3.24. The van der Waals surface area contributed by atoms with Gasteiger partial charge in [-0.25, -0.2) is 28.5 Å². The summed E-state index contributed by atoms with van der Waals surface area (Å²) >= 11 is 0. The van der Waals surface area contributed by atoms with Gasteiger partial charge in [-0.3, -0.25) is 0 Å². The maximum absolute atomic E-state index is 13.8. The molecule has 0 saturated heterocycles. The van der Waals surface area contributed by atoms with Crippen LogP contribution in [0.2, 0.25) is 0 Å². The van der Waals surface area contributed by atoms with Crippen molar-refractivity contribution in [2.75, 3.05) is 0 Å². The maximum atomic E-state index is 13.8. The Bertz CT molecular complexity index is 969. The van der Waals surface area contributed by atoms with Crippen LogP contribution in [-0.4, -0.2) is 35.7 Å². The number of carbonyl (C=O) groups is 1. The molecule has 0 amide bonds. The van der Waals surface area contributed by atoms with Crippen molar-refractivity contribution in [3.63, 3.8) is 0 Å². The van der Waals surface area contributed by atoms with Crippen molar-refractivity contribution in [2.45, 2.75) is 6.54 Å². The summed E-state index contributed by atoms with van der Waals surface area (Å²) in [5.74, 6) is -3.77. The molecule has 0 spiro atoms. The number of imidazole rings is 1. The van der Waals surface area contributed by atoms with E-state index in [0.29, 0.717) is 5.65 Å². The lowest BCUT2D eigenvalue weighted by Crippen LogP contribution is -2.03. The summed E-state index contributed by atoms with van der Waals surface area (Å²) in [5.41, 5.74) is 0.906. The molecular formula is C15H10F2N4O3. The van der Waals surface area contributed by atoms with Gasteiger partial charge >= 0.3 is 5.97 Å². The van der Waals surface area contributed by atoms with Crippen molar-refractivity contribution >= 4 is 23.2 Å². The van der Waals surface area contributed by atoms with Gasteiger partial charge in [-0.1, -0.05) is 6.07 Å². The molecule has 2 N–H and O–H groups in total. The van der Waals surface area contributed by atoms with E-state index >= 15 is 0 Å². The van der Waals surface area contributed by atoms with Gasteiger partial charge in [0.05, 0.1) is 18.6 Å². The average Bonchev–Trinajstić information content (AvgIpc) is 2.94. The minimum absolute atomic E-state index is 0.0493. The van der Waals surface area contributed by atoms with Crippen LogP contribution in [0, 0.1) is 11.6 Å². The molecule has 2 heterocycles. The molecule has 3 aromatic rings. The Kier molecular flexibility index (Phi) is 3.90. The first-order valence-corrected chi connectivity index (χ1v) is 6.69. The molecule has 2 aromatic heterocycles. The number of hydrogen-bond donors (Lipinski definition) is 2. The highest BCUT2D eigenvalue weighted by Gasteiger charge is 2.13. The number of benzene rings is 1. The fourth-order valence-electron chi connectivity index (χ4n) is 2.14. The second-order valence-electron chi connectivity index (χ2n) is 4.87. The second kappa shape index (κ2) is 6.03. The predicted molar refractivity (Wildman–Crippen MR) is 79.0 cm³/mol. The van der Waals surface area contributed by atoms with Crippen molar-refractivity contribution in [3.8, 4) is 0 Å². The molecule has 0 aliphatic heterocycles. The Balaban J connectivity index is 2.02. The number of carboxylic acids is 1. The van der Waals surface area contributed by atoms with E-state index in [1.807, 2.05) is 0 Å². The quantitative estimate of drug-likeness (QED) is 0.561. The zero-order valence-corrected chi connectivity index (χ0v) is 12.0. The molecule has 0 unspecified atom stereocenters. The second-order valence-corrected chi connectivity index (χ2v) is 4.87. The zero-order valence-electron chi connectivity index (χ0n) is 12.0. The standard InChI is InChI=1S/C15H10F2N4O3/c16-9-2-1-8(10(17)3-9)5-21-7-20-13-11(4-12(22)15(23)24)18-6-19-14(13)21/h1-4,6-7,22H,5H2,(H,23,24)/b12-4-. The largest absolute Gasteiger partial charge is 0.502 e. The third kappa shape index (κ3) is 2.91. The molecular weight excluding hydrogens is 322 g/mol. The van der Waals surface area contributed by atoms with Crippen LogP contribution in [0.3, 0.4) is 0 Å². The molecule has 9 heteroatoms. The van der Waals surface area contributed by atoms with Crippen LogP contribution < -0.4 is 0 Å². The summed E-state index contributed by atoms with van der Waals surface area (Å²) in [4.78, 5) is 22.7. The molecule has 122 valence electrons. The summed E-state index contributed by atoms with van der Waals surface area (Å²) in [5, 5.41) is 18.0. The van der Waals surface area contributed by atoms with Crippen LogP contribution in [0.5, 0.6) is 0 Å². The Labute approximate surface area is 133 Å². The number of halogens is 2. The predicted octanol–water partition coefficient (Wildman–Crippen LogP) is 2.14. The summed E-state index contributed by atoms with van der Waals surface area (Å²) in [6.45, 7) is 0.0493. The number of rotatable bonds is 4. The third-order valence-electron chi connectivity index (χ3n) is 3.28. The van der Waals surface area contributed by atoms with Gasteiger partial charge in [0.15, 0.2) is 5.65 Å². The molecule has 0 fully saturated rings. The molecule has 1 aromatic carbocycles. The van der Waals surface area contributed by atoms with E-state index in [9.17, 15) is 18.7 Å². The smallest absolute Gasteiger partial charge is 0.371 e. The van der Waals surface area contributed by atoms with Crippen molar-refractivity contribution in [2.24, 2.45) is 0 Å². The molecule has 0 bridgehead atoms. The molecule has 0 aliphatic carbocycles. The molecule has 0 aliphatic rings. The highest BCUT2D eigenvalue weighted by atomic mass is 19.1. The number of hydrogen-bond acceptors (Lipinski definition) is 5. The van der Waals surface area contributed by atoms with Gasteiger partial charge in [0.25, 0.3) is 0 Å². The SMILES string of the molecule is O=C(O)/C(O)=C/c1ncnc2c1ncn2Cc1ccc(F)cc1F. The van der Waals surface area contributed by atoms with E-state index in [4.69, 9.17) is 5.11 Å². The van der Waals surface area contributed by atoms with E-state index in [0.717, 1.165) is 18.2 Å². The van der Waals surface area contributed by atoms with Crippen molar-refractivity contribution in [1.82, 2.24) is 19.5 Å². The van der Waals surface area contributed by atoms with Gasteiger partial charge in [0.2, 0.25) is 5.76 Å². The number of aliphatic hydroxyl groups is 1. The molecule has 7 nitrogen and oxygen atoms in total. The number of aliphatic hydroxyl groups excluding tert-OH is 1. The van der Waals surface area contributed by atoms with Crippen LogP contribution >= 0.6 is 0 Å². The number of carboxylic acid groups (broad SMARTS) is 1. The first-order valence-electron chi connectivity index (χ1n) is 6.69. The number of aromatic nitrogens is 4. The fraction of sp³-hybridized carbons (Fsp3) is 0.0667. The molecule has 3 rings (SSSR count). The highest BCUT2D eigenvalue weighted by molar-refractivity contribution is 5.92. The number of fused-ring (bicyclic) bond motifs is 1. The Morgan fingerprint density at radius 2 is 2.00 bits per heavy atom. The first kappa shape index (κ1) is 15.5. The van der Waals surface area contributed by atoms with Crippen molar-refractivity contribution < 1.29 is 23.8 Å².